The molecule has 0 fully saturated rings. The fourth-order valence-electron chi connectivity index (χ4n) is 7.38. The van der Waals surface area contributed by atoms with Crippen molar-refractivity contribution in [2.75, 3.05) is 32.0 Å². The quantitative estimate of drug-likeness (QED) is 0.0355. The van der Waals surface area contributed by atoms with Crippen molar-refractivity contribution in [2.45, 2.75) is 148 Å². The Morgan fingerprint density at radius 2 is 1.36 bits per heavy atom. The monoisotopic (exact) mass is 947 g/mol. The van der Waals surface area contributed by atoms with Crippen molar-refractivity contribution in [3.8, 4) is 5.75 Å². The molecular formula is C45H74N10O10S. The summed E-state index contributed by atoms with van der Waals surface area (Å²) in [6, 6.07) is 0.436. The van der Waals surface area contributed by atoms with E-state index in [0.29, 0.717) is 48.9 Å². The van der Waals surface area contributed by atoms with Gasteiger partial charge in [0.15, 0.2) is 0 Å². The summed E-state index contributed by atoms with van der Waals surface area (Å²) in [5.74, 6) is -4.99. The molecule has 20 nitrogen and oxygen atoms in total. The number of thiol groups is 1. The first-order valence-corrected chi connectivity index (χ1v) is 23.7. The number of aromatic hydroxyl groups is 1. The number of hydrogen-bond donors (Lipinski definition) is 11. The number of benzene rings is 1. The fraction of sp³-hybridized carbons (Fsp3) is 0.667. The zero-order valence-corrected chi connectivity index (χ0v) is 40.0. The summed E-state index contributed by atoms with van der Waals surface area (Å²) in [6.07, 6.45) is 10.9. The molecule has 2 rings (SSSR count). The Balaban J connectivity index is 2.06. The lowest BCUT2D eigenvalue weighted by molar-refractivity contribution is -0.139. The Labute approximate surface area is 393 Å². The Bertz CT molecular complexity index is 1840. The lowest BCUT2D eigenvalue weighted by atomic mass is 9.81. The minimum absolute atomic E-state index is 0.0418. The lowest BCUT2D eigenvalue weighted by Crippen LogP contribution is -2.59. The molecule has 6 amide bonds. The number of carbonyl (C=O) groups excluding carboxylic acids is 6. The second-order valence-electron chi connectivity index (χ2n) is 16.9. The molecule has 21 heteroatoms. The number of aliphatic carboxylic acids is 1. The minimum atomic E-state index is -1.56. The number of unbranched alkanes of at least 4 members (excludes halogenated alkanes) is 2. The third-order valence-corrected chi connectivity index (χ3v) is 12.5. The van der Waals surface area contributed by atoms with Gasteiger partial charge in [-0.25, -0.2) is 4.68 Å². The maximum atomic E-state index is 13.5. The van der Waals surface area contributed by atoms with Gasteiger partial charge < -0.3 is 53.0 Å². The van der Waals surface area contributed by atoms with Crippen LogP contribution in [0.3, 0.4) is 0 Å². The van der Waals surface area contributed by atoms with Crippen molar-refractivity contribution in [2.24, 2.45) is 17.6 Å². The van der Waals surface area contributed by atoms with E-state index in [2.05, 4.69) is 89.5 Å². The van der Waals surface area contributed by atoms with E-state index in [9.17, 15) is 43.8 Å². The maximum Gasteiger partial charge on any atom is 0.322 e. The number of hydrogen-bond acceptors (Lipinski definition) is 13. The van der Waals surface area contributed by atoms with Gasteiger partial charge in [0.25, 0.3) is 0 Å². The summed E-state index contributed by atoms with van der Waals surface area (Å²) >= 11 is 4.19. The number of aryl methyl sites for hydroxylation is 1. The van der Waals surface area contributed by atoms with Gasteiger partial charge in [-0.2, -0.15) is 12.6 Å². The Morgan fingerprint density at radius 1 is 0.758 bits per heavy atom. The van der Waals surface area contributed by atoms with E-state index in [1.54, 1.807) is 0 Å². The first-order chi connectivity index (χ1) is 31.4. The normalized spacial score (nSPS) is 14.1. The predicted octanol–water partition coefficient (Wildman–Crippen LogP) is 1.22. The molecule has 1 aromatic heterocycles. The van der Waals surface area contributed by atoms with Crippen molar-refractivity contribution in [1.82, 2.24) is 46.9 Å². The summed E-state index contributed by atoms with van der Waals surface area (Å²) in [5.41, 5.74) is 6.63. The molecule has 0 radical (unpaired) electrons. The molecule has 1 heterocycles. The van der Waals surface area contributed by atoms with Gasteiger partial charge in [-0.15, -0.1) is 5.10 Å². The topological polar surface area (TPSA) is 309 Å². The molecule has 6 unspecified atom stereocenters. The number of phenols is 1. The SMILES string of the molecule is CCCCC(C)C(C)CCC(CC)(CC)n1cc(CCC(=O)NC(CCCCN)C(=O)NCC(=O)NC(CS)C(=O)NC(Cc2ccc(O)cc2)C(=O)NC(CO)C(=O)NCC(=O)O)nn1. The molecule has 66 heavy (non-hydrogen) atoms. The van der Waals surface area contributed by atoms with E-state index in [4.69, 9.17) is 10.8 Å². The molecule has 0 aliphatic heterocycles. The van der Waals surface area contributed by atoms with Gasteiger partial charge in [0, 0.05) is 31.2 Å². The van der Waals surface area contributed by atoms with E-state index >= 15 is 0 Å². The van der Waals surface area contributed by atoms with Gasteiger partial charge in [0.2, 0.25) is 35.4 Å². The highest BCUT2D eigenvalue weighted by molar-refractivity contribution is 7.80. The van der Waals surface area contributed by atoms with E-state index in [-0.39, 0.29) is 36.3 Å². The Morgan fingerprint density at radius 3 is 1.97 bits per heavy atom. The maximum absolute atomic E-state index is 13.5. The highest BCUT2D eigenvalue weighted by Crippen LogP contribution is 2.34. The molecule has 0 aliphatic carbocycles. The molecular weight excluding hydrogens is 873 g/mol. The van der Waals surface area contributed by atoms with Crippen LogP contribution < -0.4 is 37.6 Å². The number of aliphatic hydroxyl groups is 1. The minimum Gasteiger partial charge on any atom is -0.508 e. The van der Waals surface area contributed by atoms with Crippen molar-refractivity contribution in [1.29, 1.82) is 0 Å². The summed E-state index contributed by atoms with van der Waals surface area (Å²) in [4.78, 5) is 89.8. The van der Waals surface area contributed by atoms with Gasteiger partial charge >= 0.3 is 5.97 Å². The number of aliphatic hydroxyl groups excluding tert-OH is 1. The van der Waals surface area contributed by atoms with Crippen LogP contribution in [0.4, 0.5) is 0 Å². The third kappa shape index (κ3) is 19.7. The summed E-state index contributed by atoms with van der Waals surface area (Å²) in [7, 11) is 0. The van der Waals surface area contributed by atoms with E-state index in [0.717, 1.165) is 25.7 Å². The van der Waals surface area contributed by atoms with Gasteiger partial charge in [-0.05, 0) is 81.0 Å². The van der Waals surface area contributed by atoms with Gasteiger partial charge in [-0.1, -0.05) is 71.2 Å². The van der Waals surface area contributed by atoms with Crippen LogP contribution in [0.25, 0.3) is 0 Å². The van der Waals surface area contributed by atoms with Gasteiger partial charge in [-0.3, -0.25) is 33.6 Å². The number of amides is 6. The molecule has 6 atom stereocenters. The van der Waals surface area contributed by atoms with Crippen LogP contribution in [0.2, 0.25) is 0 Å². The van der Waals surface area contributed by atoms with Crippen LogP contribution in [0.15, 0.2) is 30.5 Å². The number of carboxylic acid groups (broad SMARTS) is 1. The number of phenolic OH excluding ortho intramolecular Hbond substituents is 1. The predicted molar refractivity (Wildman–Crippen MR) is 251 cm³/mol. The average Bonchev–Trinajstić information content (AvgIpc) is 3.79. The second-order valence-corrected chi connectivity index (χ2v) is 17.3. The van der Waals surface area contributed by atoms with Gasteiger partial charge in [0.05, 0.1) is 24.4 Å². The molecule has 0 aliphatic rings. The standard InChI is InChI=1S/C45H74N10O10S/c1-6-9-12-29(4)30(5)20-21-45(7-2,8-3)55-26-32(53-54-55)16-19-38(58)49-34(13-10-11-22-46)41(62)47-24-39(59)50-37(28-66)44(65)51-35(23-31-14-17-33(57)18-15-31)43(64)52-36(27-56)42(63)48-25-40(60)61/h14-15,17-18,26,29-30,34-37,56-57,66H,6-13,16,19-25,27-28,46H2,1-5H3,(H,47,62)(H,48,63)(H,49,58)(H,50,59)(H,51,65)(H,52,64)(H,60,61). The van der Waals surface area contributed by atoms with E-state index < -0.39 is 85.3 Å². The summed E-state index contributed by atoms with van der Waals surface area (Å²) in [6.45, 7) is 9.34. The Kier molecular flexibility index (Phi) is 25.9. The average molecular weight is 947 g/mol. The smallest absolute Gasteiger partial charge is 0.322 e. The van der Waals surface area contributed by atoms with E-state index in [1.165, 1.54) is 43.5 Å². The third-order valence-electron chi connectivity index (χ3n) is 12.1. The molecule has 2 aromatic rings. The number of aromatic nitrogens is 3. The first-order valence-electron chi connectivity index (χ1n) is 23.0. The number of nitrogens with two attached hydrogens (primary N) is 1. The first kappa shape index (κ1) is 56.8. The fourth-order valence-corrected chi connectivity index (χ4v) is 7.64. The van der Waals surface area contributed by atoms with Crippen molar-refractivity contribution in [3.63, 3.8) is 0 Å². The van der Waals surface area contributed by atoms with Crippen LogP contribution in [0, 0.1) is 11.8 Å². The highest BCUT2D eigenvalue weighted by atomic mass is 32.1. The Hall–Kier alpha value is -5.28. The molecule has 0 spiro atoms. The van der Waals surface area contributed by atoms with Gasteiger partial charge in [0.1, 0.15) is 36.5 Å². The summed E-state index contributed by atoms with van der Waals surface area (Å²) in [5, 5.41) is 51.8. The lowest BCUT2D eigenvalue weighted by Gasteiger charge is -2.33. The van der Waals surface area contributed by atoms with Crippen LogP contribution in [-0.4, -0.2) is 128 Å². The molecule has 1 aromatic carbocycles. The van der Waals surface area contributed by atoms with Crippen LogP contribution in [0.1, 0.15) is 117 Å². The van der Waals surface area contributed by atoms with Crippen LogP contribution >= 0.6 is 12.6 Å². The largest absolute Gasteiger partial charge is 0.508 e. The zero-order chi connectivity index (χ0) is 49.2. The molecule has 0 saturated carbocycles. The second kappa shape index (κ2) is 30.1. The number of carboxylic acids is 1. The van der Waals surface area contributed by atoms with Crippen molar-refractivity contribution < 1.29 is 48.9 Å². The number of rotatable bonds is 33. The van der Waals surface area contributed by atoms with Crippen molar-refractivity contribution >= 4 is 54.0 Å². The molecule has 0 bridgehead atoms. The zero-order valence-electron chi connectivity index (χ0n) is 39.1. The van der Waals surface area contributed by atoms with E-state index in [1.807, 2.05) is 10.9 Å². The molecule has 11 N–H and O–H groups in total. The number of carbonyl (C=O) groups is 7. The number of nitrogens with one attached hydrogen (secondary N) is 6. The molecule has 370 valence electrons. The molecule has 0 saturated heterocycles. The van der Waals surface area contributed by atoms with Crippen molar-refractivity contribution in [3.05, 3.63) is 41.7 Å². The summed E-state index contributed by atoms with van der Waals surface area (Å²) < 4.78 is 1.95. The van der Waals surface area contributed by atoms with Crippen LogP contribution in [0.5, 0.6) is 5.75 Å². The highest BCUT2D eigenvalue weighted by Gasteiger charge is 2.32. The number of nitrogens with zero attached hydrogens (tertiary/aromatic N) is 3. The van der Waals surface area contributed by atoms with Crippen LogP contribution in [-0.2, 0) is 51.9 Å².